The molecule has 2 fully saturated rings. The van der Waals surface area contributed by atoms with Crippen molar-refractivity contribution in [1.29, 1.82) is 5.26 Å². The molecule has 228 valence electrons. The van der Waals surface area contributed by atoms with E-state index in [1.807, 2.05) is 18.2 Å². The van der Waals surface area contributed by atoms with E-state index >= 15 is 0 Å². The van der Waals surface area contributed by atoms with Crippen LogP contribution in [-0.2, 0) is 28.2 Å². The highest BCUT2D eigenvalue weighted by Gasteiger charge is 2.38. The summed E-state index contributed by atoms with van der Waals surface area (Å²) in [7, 11) is 1.37. The number of fused-ring (bicyclic) bond motifs is 1. The molecule has 11 heteroatoms. The van der Waals surface area contributed by atoms with E-state index in [1.165, 1.54) is 19.2 Å². The fourth-order valence-electron chi connectivity index (χ4n) is 5.87. The zero-order chi connectivity index (χ0) is 30.8. The van der Waals surface area contributed by atoms with Crippen molar-refractivity contribution in [2.75, 3.05) is 26.8 Å². The number of carbonyl (C=O) groups excluding carboxylic acids is 1. The Morgan fingerprint density at radius 1 is 1.20 bits per heavy atom. The van der Waals surface area contributed by atoms with Gasteiger partial charge in [-0.3, -0.25) is 4.90 Å². The number of methoxy groups -OCH3 is 1. The lowest BCUT2D eigenvalue weighted by molar-refractivity contribution is -0.0602. The molecule has 2 aromatic heterocycles. The van der Waals surface area contributed by atoms with E-state index in [0.717, 1.165) is 29.9 Å². The molecule has 44 heavy (non-hydrogen) atoms. The molecule has 10 nitrogen and oxygen atoms in total. The number of esters is 1. The number of pyridine rings is 1. The van der Waals surface area contributed by atoms with Crippen LogP contribution in [0.1, 0.15) is 65.2 Å². The van der Waals surface area contributed by atoms with Crippen LogP contribution in [0.2, 0.25) is 0 Å². The molecule has 0 radical (unpaired) electrons. The zero-order valence-corrected chi connectivity index (χ0v) is 24.7. The second-order valence-electron chi connectivity index (χ2n) is 11.4. The summed E-state index contributed by atoms with van der Waals surface area (Å²) in [5, 5.41) is 20.6. The van der Waals surface area contributed by atoms with E-state index in [0.29, 0.717) is 49.3 Å². The quantitative estimate of drug-likeness (QED) is 0.274. The van der Waals surface area contributed by atoms with Crippen molar-refractivity contribution in [3.63, 3.8) is 0 Å². The van der Waals surface area contributed by atoms with Crippen LogP contribution in [0.4, 0.5) is 4.39 Å². The molecular formula is C33H34FN5O5. The van der Waals surface area contributed by atoms with Crippen LogP contribution in [-0.4, -0.2) is 63.4 Å². The van der Waals surface area contributed by atoms with Gasteiger partial charge in [-0.15, -0.1) is 0 Å². The Kier molecular flexibility index (Phi) is 8.31. The first-order valence-corrected chi connectivity index (χ1v) is 14.7. The Morgan fingerprint density at radius 3 is 2.68 bits per heavy atom. The first-order valence-electron chi connectivity index (χ1n) is 14.7. The molecule has 4 heterocycles. The lowest BCUT2D eigenvalue weighted by Crippen LogP contribution is -2.44. The molecule has 2 aliphatic rings. The summed E-state index contributed by atoms with van der Waals surface area (Å²) in [5.74, 6) is 0.257. The van der Waals surface area contributed by atoms with Crippen molar-refractivity contribution in [3.8, 4) is 11.9 Å². The third-order valence-corrected chi connectivity index (χ3v) is 8.68. The van der Waals surface area contributed by atoms with Gasteiger partial charge in [0.25, 0.3) is 0 Å². The van der Waals surface area contributed by atoms with Crippen LogP contribution < -0.4 is 4.74 Å². The number of halogens is 1. The minimum atomic E-state index is -1.15. The zero-order valence-electron chi connectivity index (χ0n) is 24.7. The highest BCUT2D eigenvalue weighted by atomic mass is 19.1. The van der Waals surface area contributed by atoms with Gasteiger partial charge >= 0.3 is 5.97 Å². The molecule has 2 aliphatic heterocycles. The topological polar surface area (TPSA) is 123 Å². The third kappa shape index (κ3) is 5.88. The van der Waals surface area contributed by atoms with Crippen LogP contribution in [0.15, 0.2) is 54.6 Å². The van der Waals surface area contributed by atoms with E-state index in [-0.39, 0.29) is 30.2 Å². The van der Waals surface area contributed by atoms with Gasteiger partial charge in [0.05, 0.1) is 59.7 Å². The predicted molar refractivity (Wildman–Crippen MR) is 158 cm³/mol. The number of nitriles is 1. The molecule has 2 aromatic carbocycles. The molecule has 0 saturated carbocycles. The molecule has 6 rings (SSSR count). The van der Waals surface area contributed by atoms with Gasteiger partial charge in [-0.25, -0.2) is 19.2 Å². The van der Waals surface area contributed by atoms with Crippen LogP contribution in [0.25, 0.3) is 11.0 Å². The van der Waals surface area contributed by atoms with Crippen LogP contribution in [0.5, 0.6) is 5.88 Å². The second kappa shape index (κ2) is 12.3. The summed E-state index contributed by atoms with van der Waals surface area (Å²) in [6.45, 7) is 4.66. The molecular weight excluding hydrogens is 565 g/mol. The van der Waals surface area contributed by atoms with Crippen LogP contribution >= 0.6 is 0 Å². The number of ether oxygens (including phenoxy) is 3. The molecule has 1 N–H and O–H groups in total. The lowest BCUT2D eigenvalue weighted by atomic mass is 9.87. The number of likely N-dealkylation sites (tertiary alicyclic amines) is 1. The summed E-state index contributed by atoms with van der Waals surface area (Å²) >= 11 is 0. The largest absolute Gasteiger partial charge is 0.473 e. The molecule has 0 bridgehead atoms. The molecule has 0 amide bonds. The Morgan fingerprint density at radius 2 is 2.00 bits per heavy atom. The normalized spacial score (nSPS) is 18.8. The molecule has 1 unspecified atom stereocenters. The summed E-state index contributed by atoms with van der Waals surface area (Å²) < 4.78 is 32.9. The number of imidazole rings is 1. The molecule has 0 spiro atoms. The van der Waals surface area contributed by atoms with Gasteiger partial charge in [-0.1, -0.05) is 12.1 Å². The number of aromatic nitrogens is 3. The smallest absolute Gasteiger partial charge is 0.337 e. The van der Waals surface area contributed by atoms with Gasteiger partial charge in [-0.05, 0) is 62.6 Å². The maximum Gasteiger partial charge on any atom is 0.337 e. The van der Waals surface area contributed by atoms with Gasteiger partial charge in [0.2, 0.25) is 5.88 Å². The SMILES string of the molecule is COC(=O)c1ccc2nc([C@H](C)N3CCC(O)(c4cccc(OCc5ccc(C#N)cc5F)n4)CC3)n(CC3CCO3)c2c1. The highest BCUT2D eigenvalue weighted by molar-refractivity contribution is 5.93. The molecule has 2 saturated heterocycles. The Labute approximate surface area is 254 Å². The van der Waals surface area contributed by atoms with E-state index in [4.69, 9.17) is 24.5 Å². The highest BCUT2D eigenvalue weighted by Crippen LogP contribution is 2.36. The van der Waals surface area contributed by atoms with Crippen LogP contribution in [0, 0.1) is 17.1 Å². The van der Waals surface area contributed by atoms with Crippen molar-refractivity contribution >= 4 is 17.0 Å². The van der Waals surface area contributed by atoms with Crippen molar-refractivity contribution in [1.82, 2.24) is 19.4 Å². The van der Waals surface area contributed by atoms with Gasteiger partial charge < -0.3 is 23.9 Å². The van der Waals surface area contributed by atoms with Crippen LogP contribution in [0.3, 0.4) is 0 Å². The number of hydrogen-bond acceptors (Lipinski definition) is 9. The number of rotatable bonds is 9. The van der Waals surface area contributed by atoms with E-state index in [2.05, 4.69) is 21.4 Å². The molecule has 2 atom stereocenters. The monoisotopic (exact) mass is 599 g/mol. The lowest BCUT2D eigenvalue weighted by Gasteiger charge is -2.40. The Hall–Kier alpha value is -4.37. The first kappa shape index (κ1) is 29.7. The maximum absolute atomic E-state index is 14.3. The summed E-state index contributed by atoms with van der Waals surface area (Å²) in [5.41, 5.74) is 2.05. The number of aliphatic hydroxyl groups is 1. The van der Waals surface area contributed by atoms with Gasteiger partial charge in [0, 0.05) is 31.3 Å². The minimum absolute atomic E-state index is 0.0499. The summed E-state index contributed by atoms with van der Waals surface area (Å²) in [4.78, 5) is 24.1. The fourth-order valence-corrected chi connectivity index (χ4v) is 5.87. The summed E-state index contributed by atoms with van der Waals surface area (Å²) in [6, 6.07) is 16.7. The van der Waals surface area contributed by atoms with Gasteiger partial charge in [-0.2, -0.15) is 5.26 Å². The number of nitrogens with zero attached hydrogens (tertiary/aromatic N) is 5. The summed E-state index contributed by atoms with van der Waals surface area (Å²) in [6.07, 6.45) is 1.98. The predicted octanol–water partition coefficient (Wildman–Crippen LogP) is 4.64. The van der Waals surface area contributed by atoms with Crippen molar-refractivity contribution < 1.29 is 28.5 Å². The molecule has 4 aromatic rings. The van der Waals surface area contributed by atoms with E-state index in [1.54, 1.807) is 30.3 Å². The Bertz CT molecular complexity index is 1720. The van der Waals surface area contributed by atoms with Gasteiger partial charge in [0.15, 0.2) is 0 Å². The standard InChI is InChI=1S/C33H34FN5O5/c1-21(31-36-27-9-8-23(32(40)42-2)17-28(27)39(31)19-25-10-15-43-25)38-13-11-33(41,12-14-38)29-4-3-5-30(37-29)44-20-24-7-6-22(18-35)16-26(24)34/h3-9,16-17,21,25,41H,10-15,19-20H2,1-2H3/t21-,25?/m0/s1. The van der Waals surface area contributed by atoms with Gasteiger partial charge in [0.1, 0.15) is 23.8 Å². The maximum atomic E-state index is 14.3. The second-order valence-corrected chi connectivity index (χ2v) is 11.4. The average molecular weight is 600 g/mol. The number of hydrogen-bond donors (Lipinski definition) is 1. The number of carbonyl (C=O) groups is 1. The minimum Gasteiger partial charge on any atom is -0.473 e. The van der Waals surface area contributed by atoms with Crippen molar-refractivity contribution in [2.45, 2.75) is 57.1 Å². The number of piperidine rings is 1. The Balaban J connectivity index is 1.16. The average Bonchev–Trinajstić information content (AvgIpc) is 3.39. The fraction of sp³-hybridized carbons (Fsp3) is 0.394. The number of benzene rings is 2. The van der Waals surface area contributed by atoms with E-state index in [9.17, 15) is 14.3 Å². The van der Waals surface area contributed by atoms with E-state index < -0.39 is 17.4 Å². The first-order chi connectivity index (χ1) is 21.3. The van der Waals surface area contributed by atoms with Crippen molar-refractivity contribution in [3.05, 3.63) is 88.6 Å². The molecule has 0 aliphatic carbocycles. The third-order valence-electron chi connectivity index (χ3n) is 8.68. The van der Waals surface area contributed by atoms with Crippen molar-refractivity contribution in [2.24, 2.45) is 0 Å².